The highest BCUT2D eigenvalue weighted by Gasteiger charge is 2.22. The summed E-state index contributed by atoms with van der Waals surface area (Å²) in [5, 5.41) is 13.0. The molecule has 0 spiro atoms. The maximum Gasteiger partial charge on any atom is 0.408 e. The molecule has 0 fully saturated rings. The minimum atomic E-state index is -0.581. The van der Waals surface area contributed by atoms with Crippen molar-refractivity contribution >= 4 is 17.1 Å². The van der Waals surface area contributed by atoms with Crippen LogP contribution in [0, 0.1) is 0 Å². The second-order valence-electron chi connectivity index (χ2n) is 5.57. The average molecular weight is 277 g/mol. The number of aliphatic hydroxyl groups excluding tert-OH is 1. The molecule has 1 amide bonds. The fourth-order valence-electron chi connectivity index (χ4n) is 1.94. The average Bonchev–Trinajstić information content (AvgIpc) is 2.77. The molecule has 0 radical (unpaired) electrons. The molecule has 0 aliphatic heterocycles. The van der Waals surface area contributed by atoms with Crippen molar-refractivity contribution in [2.75, 3.05) is 6.61 Å². The van der Waals surface area contributed by atoms with E-state index in [1.54, 1.807) is 27.0 Å². The van der Waals surface area contributed by atoms with Crippen LogP contribution in [-0.2, 0) is 4.74 Å². The first-order chi connectivity index (χ1) is 9.40. The van der Waals surface area contributed by atoms with E-state index in [1.807, 2.05) is 24.3 Å². The number of hydrogen-bond acceptors (Lipinski definition) is 4. The first-order valence-corrected chi connectivity index (χ1v) is 6.47. The van der Waals surface area contributed by atoms with Gasteiger partial charge in [-0.25, -0.2) is 4.79 Å². The number of para-hydroxylation sites is 1. The number of fused-ring (bicyclic) bond motifs is 1. The number of amides is 1. The normalized spacial score (nSPS) is 13.2. The number of benzene rings is 1. The smallest absolute Gasteiger partial charge is 0.408 e. The number of alkyl carbamates (subject to hydrolysis) is 1. The number of carbonyl (C=O) groups is 1. The molecule has 0 saturated carbocycles. The van der Waals surface area contributed by atoms with Gasteiger partial charge >= 0.3 is 6.09 Å². The minimum Gasteiger partial charge on any atom is -0.464 e. The van der Waals surface area contributed by atoms with Gasteiger partial charge in [-0.2, -0.15) is 0 Å². The number of furan rings is 1. The quantitative estimate of drug-likeness (QED) is 0.904. The zero-order valence-electron chi connectivity index (χ0n) is 11.8. The minimum absolute atomic E-state index is 0.233. The van der Waals surface area contributed by atoms with E-state index in [0.29, 0.717) is 5.58 Å². The summed E-state index contributed by atoms with van der Waals surface area (Å²) >= 11 is 0. The van der Waals surface area contributed by atoms with Gasteiger partial charge in [0.25, 0.3) is 0 Å². The van der Waals surface area contributed by atoms with Crippen molar-refractivity contribution in [1.29, 1.82) is 0 Å². The summed E-state index contributed by atoms with van der Waals surface area (Å²) in [6.45, 7) is 5.12. The summed E-state index contributed by atoms with van der Waals surface area (Å²) in [7, 11) is 0. The molecule has 5 heteroatoms. The SMILES string of the molecule is CC(C)(C)OC(=O)N[C@@H](CO)c1coc2ccccc12. The molecule has 0 bridgehead atoms. The van der Waals surface area contributed by atoms with Crippen molar-refractivity contribution in [2.45, 2.75) is 32.4 Å². The van der Waals surface area contributed by atoms with Gasteiger partial charge in [-0.15, -0.1) is 0 Å². The van der Waals surface area contributed by atoms with Crippen molar-refractivity contribution in [3.05, 3.63) is 36.1 Å². The van der Waals surface area contributed by atoms with Crippen LogP contribution < -0.4 is 5.32 Å². The highest BCUT2D eigenvalue weighted by molar-refractivity contribution is 5.82. The third kappa shape index (κ3) is 3.30. The Balaban J connectivity index is 2.18. The zero-order chi connectivity index (χ0) is 14.8. The molecule has 0 aliphatic rings. The van der Waals surface area contributed by atoms with Gasteiger partial charge in [-0.1, -0.05) is 18.2 Å². The summed E-state index contributed by atoms with van der Waals surface area (Å²) < 4.78 is 10.6. The van der Waals surface area contributed by atoms with Crippen LogP contribution in [0.25, 0.3) is 11.0 Å². The summed E-state index contributed by atoms with van der Waals surface area (Å²) in [5.41, 5.74) is 0.864. The van der Waals surface area contributed by atoms with E-state index in [-0.39, 0.29) is 6.61 Å². The summed E-state index contributed by atoms with van der Waals surface area (Å²) in [6.07, 6.45) is 0.977. The predicted octanol–water partition coefficient (Wildman–Crippen LogP) is 2.99. The maximum absolute atomic E-state index is 11.8. The lowest BCUT2D eigenvalue weighted by Crippen LogP contribution is -2.36. The number of rotatable bonds is 3. The van der Waals surface area contributed by atoms with Crippen molar-refractivity contribution in [3.63, 3.8) is 0 Å². The number of carbonyl (C=O) groups excluding carboxylic acids is 1. The van der Waals surface area contributed by atoms with Crippen molar-refractivity contribution < 1.29 is 19.1 Å². The van der Waals surface area contributed by atoms with Gasteiger partial charge in [-0.3, -0.25) is 0 Å². The zero-order valence-corrected chi connectivity index (χ0v) is 11.8. The van der Waals surface area contributed by atoms with Gasteiger partial charge in [-0.05, 0) is 26.8 Å². The molecule has 1 aromatic heterocycles. The highest BCUT2D eigenvalue weighted by Crippen LogP contribution is 2.26. The molecule has 0 unspecified atom stereocenters. The fourth-order valence-corrected chi connectivity index (χ4v) is 1.94. The largest absolute Gasteiger partial charge is 0.464 e. The molecule has 2 N–H and O–H groups in total. The topological polar surface area (TPSA) is 71.7 Å². The summed E-state index contributed by atoms with van der Waals surface area (Å²) in [6, 6.07) is 6.90. The third-order valence-electron chi connectivity index (χ3n) is 2.76. The lowest BCUT2D eigenvalue weighted by Gasteiger charge is -2.22. The lowest BCUT2D eigenvalue weighted by atomic mass is 10.1. The number of hydrogen-bond donors (Lipinski definition) is 2. The molecule has 0 aliphatic carbocycles. The Hall–Kier alpha value is -2.01. The first kappa shape index (κ1) is 14.4. The van der Waals surface area contributed by atoms with E-state index in [4.69, 9.17) is 9.15 Å². The molecule has 1 aromatic carbocycles. The maximum atomic E-state index is 11.8. The van der Waals surface area contributed by atoms with Crippen LogP contribution in [0.5, 0.6) is 0 Å². The van der Waals surface area contributed by atoms with Gasteiger partial charge in [0.05, 0.1) is 18.9 Å². The van der Waals surface area contributed by atoms with Crippen LogP contribution in [0.1, 0.15) is 32.4 Å². The van der Waals surface area contributed by atoms with Gasteiger partial charge in [0, 0.05) is 10.9 Å². The van der Waals surface area contributed by atoms with Crippen LogP contribution in [-0.4, -0.2) is 23.4 Å². The Bertz CT molecular complexity index is 597. The second kappa shape index (κ2) is 5.54. The Morgan fingerprint density at radius 1 is 1.40 bits per heavy atom. The third-order valence-corrected chi connectivity index (χ3v) is 2.76. The number of aliphatic hydroxyl groups is 1. The number of ether oxygens (including phenoxy) is 1. The van der Waals surface area contributed by atoms with Crippen LogP contribution in [0.4, 0.5) is 4.79 Å². The van der Waals surface area contributed by atoms with E-state index < -0.39 is 17.7 Å². The van der Waals surface area contributed by atoms with Crippen LogP contribution in [0.3, 0.4) is 0 Å². The van der Waals surface area contributed by atoms with Gasteiger partial charge < -0.3 is 19.6 Å². The van der Waals surface area contributed by atoms with Crippen molar-refractivity contribution in [1.82, 2.24) is 5.32 Å². The highest BCUT2D eigenvalue weighted by atomic mass is 16.6. The monoisotopic (exact) mass is 277 g/mol. The fraction of sp³-hybridized carbons (Fsp3) is 0.400. The lowest BCUT2D eigenvalue weighted by molar-refractivity contribution is 0.0482. The van der Waals surface area contributed by atoms with E-state index in [1.165, 1.54) is 0 Å². The Morgan fingerprint density at radius 3 is 2.75 bits per heavy atom. The Labute approximate surface area is 117 Å². The van der Waals surface area contributed by atoms with Crippen LogP contribution in [0.2, 0.25) is 0 Å². The van der Waals surface area contributed by atoms with E-state index in [2.05, 4.69) is 5.32 Å². The Morgan fingerprint density at radius 2 is 2.10 bits per heavy atom. The molecular weight excluding hydrogens is 258 g/mol. The van der Waals surface area contributed by atoms with E-state index in [9.17, 15) is 9.90 Å². The van der Waals surface area contributed by atoms with Gasteiger partial charge in [0.1, 0.15) is 11.2 Å². The molecular formula is C15H19NO4. The van der Waals surface area contributed by atoms with Gasteiger partial charge in [0.2, 0.25) is 0 Å². The second-order valence-corrected chi connectivity index (χ2v) is 5.57. The van der Waals surface area contributed by atoms with Crippen molar-refractivity contribution in [2.24, 2.45) is 0 Å². The summed E-state index contributed by atoms with van der Waals surface area (Å²) in [5.74, 6) is 0. The predicted molar refractivity (Wildman–Crippen MR) is 75.4 cm³/mol. The standard InChI is InChI=1S/C15H19NO4/c1-15(2,3)20-14(18)16-12(8-17)11-9-19-13-7-5-4-6-10(11)13/h4-7,9,12,17H,8H2,1-3H3,(H,16,18)/t12-/m0/s1. The summed E-state index contributed by atoms with van der Waals surface area (Å²) in [4.78, 5) is 11.8. The molecule has 0 saturated heterocycles. The van der Waals surface area contributed by atoms with Crippen LogP contribution in [0.15, 0.2) is 34.9 Å². The molecule has 108 valence electrons. The van der Waals surface area contributed by atoms with Crippen molar-refractivity contribution in [3.8, 4) is 0 Å². The first-order valence-electron chi connectivity index (χ1n) is 6.47. The molecule has 5 nitrogen and oxygen atoms in total. The van der Waals surface area contributed by atoms with E-state index in [0.717, 1.165) is 10.9 Å². The molecule has 2 rings (SSSR count). The molecule has 20 heavy (non-hydrogen) atoms. The molecule has 1 atom stereocenters. The molecule has 1 heterocycles. The van der Waals surface area contributed by atoms with E-state index >= 15 is 0 Å². The Kier molecular flexibility index (Phi) is 3.99. The van der Waals surface area contributed by atoms with Gasteiger partial charge in [0.15, 0.2) is 0 Å². The van der Waals surface area contributed by atoms with Crippen LogP contribution >= 0.6 is 0 Å². The molecule has 2 aromatic rings. The number of nitrogens with one attached hydrogen (secondary N) is 1.